The maximum absolute atomic E-state index is 8.51. The second-order valence-corrected chi connectivity index (χ2v) is 2.32. The molecule has 1 N–H and O–H groups in total. The van der Waals surface area contributed by atoms with E-state index in [1.807, 2.05) is 0 Å². The van der Waals surface area contributed by atoms with E-state index in [1.165, 1.54) is 0 Å². The zero-order chi connectivity index (χ0) is 6.69. The van der Waals surface area contributed by atoms with Gasteiger partial charge in [0.2, 0.25) is 0 Å². The van der Waals surface area contributed by atoms with Gasteiger partial charge in [-0.25, -0.2) is 0 Å². The molecular weight excluding hydrogens is 184 g/mol. The molecule has 0 radical (unpaired) electrons. The summed E-state index contributed by atoms with van der Waals surface area (Å²) < 4.78 is 0.680. The molecule has 0 saturated heterocycles. The molecule has 0 amide bonds. The van der Waals surface area contributed by atoms with Crippen LogP contribution < -0.4 is 0 Å². The smallest absolute Gasteiger partial charge is 0.128 e. The fourth-order valence-corrected chi connectivity index (χ4v) is 0.639. The summed E-state index contributed by atoms with van der Waals surface area (Å²) in [6.07, 6.45) is 0. The number of hydrogen-bond donors (Lipinski definition) is 1. The van der Waals surface area contributed by atoms with Gasteiger partial charge in [0, 0.05) is 0 Å². The van der Waals surface area contributed by atoms with Gasteiger partial charge in [0.1, 0.15) is 4.60 Å². The van der Waals surface area contributed by atoms with E-state index < -0.39 is 0 Å². The fraction of sp³-hybridized carbons (Fsp3) is 0.200. The van der Waals surface area contributed by atoms with E-state index in [2.05, 4.69) is 26.1 Å². The molecular formula is C5H5BrN2O. The lowest BCUT2D eigenvalue weighted by molar-refractivity contribution is 0.275. The third kappa shape index (κ3) is 1.73. The predicted molar refractivity (Wildman–Crippen MR) is 35.7 cm³/mol. The van der Waals surface area contributed by atoms with E-state index in [0.717, 1.165) is 0 Å². The molecule has 3 nitrogen and oxygen atoms in total. The van der Waals surface area contributed by atoms with Gasteiger partial charge in [-0.3, -0.25) is 0 Å². The average molecular weight is 189 g/mol. The van der Waals surface area contributed by atoms with Crippen molar-refractivity contribution in [1.82, 2.24) is 10.2 Å². The van der Waals surface area contributed by atoms with E-state index >= 15 is 0 Å². The molecule has 48 valence electrons. The standard InChI is InChI=1S/C5H5BrN2O/c6-5-2-1-4(3-9)7-8-5/h1-2,9H,3H2. The van der Waals surface area contributed by atoms with Crippen molar-refractivity contribution in [2.24, 2.45) is 0 Å². The first-order chi connectivity index (χ1) is 4.33. The molecule has 1 aromatic rings. The number of aliphatic hydroxyl groups is 1. The number of rotatable bonds is 1. The van der Waals surface area contributed by atoms with Gasteiger partial charge in [0.05, 0.1) is 12.3 Å². The summed E-state index contributed by atoms with van der Waals surface area (Å²) in [6.45, 7) is -0.0553. The number of aliphatic hydroxyl groups excluding tert-OH is 1. The second kappa shape index (κ2) is 2.89. The summed E-state index contributed by atoms with van der Waals surface area (Å²) in [5, 5.41) is 15.8. The minimum atomic E-state index is -0.0553. The van der Waals surface area contributed by atoms with Crippen molar-refractivity contribution in [1.29, 1.82) is 0 Å². The van der Waals surface area contributed by atoms with E-state index in [1.54, 1.807) is 12.1 Å². The zero-order valence-electron chi connectivity index (χ0n) is 4.58. The van der Waals surface area contributed by atoms with Gasteiger partial charge in [-0.15, -0.1) is 5.10 Å². The molecule has 0 aliphatic rings. The highest BCUT2D eigenvalue weighted by molar-refractivity contribution is 9.10. The lowest BCUT2D eigenvalue weighted by Crippen LogP contribution is -1.90. The van der Waals surface area contributed by atoms with Crippen molar-refractivity contribution in [3.63, 3.8) is 0 Å². The van der Waals surface area contributed by atoms with Gasteiger partial charge in [-0.2, -0.15) is 5.10 Å². The Morgan fingerprint density at radius 2 is 2.22 bits per heavy atom. The van der Waals surface area contributed by atoms with Crippen LogP contribution in [0.3, 0.4) is 0 Å². The third-order valence-electron chi connectivity index (χ3n) is 0.849. The highest BCUT2D eigenvalue weighted by Crippen LogP contribution is 2.02. The van der Waals surface area contributed by atoms with Crippen molar-refractivity contribution in [3.8, 4) is 0 Å². The molecule has 0 aromatic carbocycles. The summed E-state index contributed by atoms with van der Waals surface area (Å²) in [4.78, 5) is 0. The maximum Gasteiger partial charge on any atom is 0.128 e. The third-order valence-corrected chi connectivity index (χ3v) is 1.27. The zero-order valence-corrected chi connectivity index (χ0v) is 6.17. The predicted octanol–water partition coefficient (Wildman–Crippen LogP) is 0.731. The first-order valence-electron chi connectivity index (χ1n) is 2.42. The topological polar surface area (TPSA) is 46.0 Å². The normalized spacial score (nSPS) is 9.56. The highest BCUT2D eigenvalue weighted by Gasteiger charge is 1.90. The van der Waals surface area contributed by atoms with Crippen LogP contribution in [0.5, 0.6) is 0 Å². The van der Waals surface area contributed by atoms with Crippen molar-refractivity contribution < 1.29 is 5.11 Å². The van der Waals surface area contributed by atoms with Crippen LogP contribution in [0.2, 0.25) is 0 Å². The number of halogens is 1. The second-order valence-electron chi connectivity index (χ2n) is 1.51. The molecule has 0 saturated carbocycles. The van der Waals surface area contributed by atoms with Crippen LogP contribution in [-0.2, 0) is 6.61 Å². The van der Waals surface area contributed by atoms with Gasteiger partial charge in [0.15, 0.2) is 0 Å². The number of nitrogens with zero attached hydrogens (tertiary/aromatic N) is 2. The SMILES string of the molecule is OCc1ccc(Br)nn1. The van der Waals surface area contributed by atoms with E-state index in [-0.39, 0.29) is 6.61 Å². The fourth-order valence-electron chi connectivity index (χ4n) is 0.428. The van der Waals surface area contributed by atoms with Crippen LogP contribution in [0.15, 0.2) is 16.7 Å². The Bertz CT molecular complexity index is 187. The van der Waals surface area contributed by atoms with Crippen molar-refractivity contribution >= 4 is 15.9 Å². The minimum absolute atomic E-state index is 0.0553. The molecule has 9 heavy (non-hydrogen) atoms. The van der Waals surface area contributed by atoms with Crippen LogP contribution in [0.25, 0.3) is 0 Å². The van der Waals surface area contributed by atoms with E-state index in [0.29, 0.717) is 10.3 Å². The molecule has 1 rings (SSSR count). The molecule has 0 bridgehead atoms. The molecule has 1 aromatic heterocycles. The minimum Gasteiger partial charge on any atom is -0.390 e. The molecule has 1 heterocycles. The largest absolute Gasteiger partial charge is 0.390 e. The summed E-state index contributed by atoms with van der Waals surface area (Å²) in [5.41, 5.74) is 0.582. The number of aromatic nitrogens is 2. The van der Waals surface area contributed by atoms with Gasteiger partial charge >= 0.3 is 0 Å². The van der Waals surface area contributed by atoms with Gasteiger partial charge in [-0.05, 0) is 28.1 Å². The van der Waals surface area contributed by atoms with Crippen LogP contribution in [-0.4, -0.2) is 15.3 Å². The first-order valence-corrected chi connectivity index (χ1v) is 3.21. The summed E-state index contributed by atoms with van der Waals surface area (Å²) >= 11 is 3.12. The average Bonchev–Trinajstić information content (AvgIpc) is 1.90. The maximum atomic E-state index is 8.51. The molecule has 0 fully saturated rings. The van der Waals surface area contributed by atoms with Crippen molar-refractivity contribution in [2.45, 2.75) is 6.61 Å². The summed E-state index contributed by atoms with van der Waals surface area (Å²) in [6, 6.07) is 3.44. The van der Waals surface area contributed by atoms with Crippen LogP contribution >= 0.6 is 15.9 Å². The lowest BCUT2D eigenvalue weighted by Gasteiger charge is -1.90. The molecule has 0 aliphatic heterocycles. The number of hydrogen-bond acceptors (Lipinski definition) is 3. The quantitative estimate of drug-likeness (QED) is 0.708. The molecule has 0 spiro atoms. The lowest BCUT2D eigenvalue weighted by atomic mass is 10.4. The highest BCUT2D eigenvalue weighted by atomic mass is 79.9. The van der Waals surface area contributed by atoms with Crippen molar-refractivity contribution in [3.05, 3.63) is 22.4 Å². The Hall–Kier alpha value is -0.480. The monoisotopic (exact) mass is 188 g/mol. The molecule has 0 aliphatic carbocycles. The van der Waals surface area contributed by atoms with Crippen LogP contribution in [0, 0.1) is 0 Å². The summed E-state index contributed by atoms with van der Waals surface area (Å²) in [7, 11) is 0. The van der Waals surface area contributed by atoms with Gasteiger partial charge in [-0.1, -0.05) is 0 Å². The Morgan fingerprint density at radius 1 is 1.44 bits per heavy atom. The summed E-state index contributed by atoms with van der Waals surface area (Å²) in [5.74, 6) is 0. The molecule has 0 atom stereocenters. The van der Waals surface area contributed by atoms with E-state index in [9.17, 15) is 0 Å². The molecule has 0 unspecified atom stereocenters. The van der Waals surface area contributed by atoms with Gasteiger partial charge < -0.3 is 5.11 Å². The molecule has 4 heteroatoms. The first kappa shape index (κ1) is 6.64. The van der Waals surface area contributed by atoms with Crippen LogP contribution in [0.4, 0.5) is 0 Å². The van der Waals surface area contributed by atoms with Crippen molar-refractivity contribution in [2.75, 3.05) is 0 Å². The Kier molecular flexibility index (Phi) is 2.13. The van der Waals surface area contributed by atoms with Gasteiger partial charge in [0.25, 0.3) is 0 Å². The van der Waals surface area contributed by atoms with E-state index in [4.69, 9.17) is 5.11 Å². The Labute approximate surface area is 60.9 Å². The Morgan fingerprint density at radius 3 is 2.67 bits per heavy atom. The Balaban J connectivity index is 2.88. The van der Waals surface area contributed by atoms with Crippen LogP contribution in [0.1, 0.15) is 5.69 Å².